The molecule has 82 valence electrons. The summed E-state index contributed by atoms with van der Waals surface area (Å²) < 4.78 is 13.6. The lowest BCUT2D eigenvalue weighted by Gasteiger charge is -2.09. The molecule has 0 aromatic carbocycles. The number of aryl methyl sites for hydroxylation is 1. The van der Waals surface area contributed by atoms with Gasteiger partial charge in [-0.25, -0.2) is 9.37 Å². The van der Waals surface area contributed by atoms with Gasteiger partial charge in [-0.1, -0.05) is 15.9 Å². The highest BCUT2D eigenvalue weighted by Gasteiger charge is 2.13. The molecule has 0 bridgehead atoms. The van der Waals surface area contributed by atoms with E-state index in [0.29, 0.717) is 10.3 Å². The maximum absolute atomic E-state index is 13.2. The summed E-state index contributed by atoms with van der Waals surface area (Å²) in [6, 6.07) is 1.24. The van der Waals surface area contributed by atoms with E-state index in [4.69, 9.17) is 0 Å². The van der Waals surface area contributed by atoms with Crippen LogP contribution in [-0.2, 0) is 4.79 Å². The zero-order chi connectivity index (χ0) is 11.6. The van der Waals surface area contributed by atoms with Crippen LogP contribution in [0.3, 0.4) is 0 Å². The molecule has 1 aromatic heterocycles. The number of aromatic nitrogens is 1. The normalized spacial score (nSPS) is 12.3. The van der Waals surface area contributed by atoms with Crippen LogP contribution in [0.5, 0.6) is 0 Å². The number of nitrogens with zero attached hydrogens (tertiary/aromatic N) is 1. The van der Waals surface area contributed by atoms with Gasteiger partial charge in [0.05, 0.1) is 16.2 Å². The van der Waals surface area contributed by atoms with E-state index in [9.17, 15) is 9.18 Å². The van der Waals surface area contributed by atoms with Crippen LogP contribution >= 0.6 is 31.9 Å². The van der Waals surface area contributed by atoms with Crippen LogP contribution in [0, 0.1) is 12.7 Å². The van der Waals surface area contributed by atoms with E-state index in [1.54, 1.807) is 13.8 Å². The molecule has 0 aliphatic carbocycles. The number of anilines is 1. The summed E-state index contributed by atoms with van der Waals surface area (Å²) in [7, 11) is 0. The van der Waals surface area contributed by atoms with E-state index in [1.165, 1.54) is 6.07 Å². The molecular formula is C9H9Br2FN2O. The molecule has 1 atom stereocenters. The van der Waals surface area contributed by atoms with E-state index < -0.39 is 5.82 Å². The number of hydrogen-bond acceptors (Lipinski definition) is 2. The first-order valence-electron chi connectivity index (χ1n) is 4.19. The summed E-state index contributed by atoms with van der Waals surface area (Å²) in [6.07, 6.45) is 0. The summed E-state index contributed by atoms with van der Waals surface area (Å²) in [5.74, 6) is -0.698. The van der Waals surface area contributed by atoms with Gasteiger partial charge in [-0.05, 0) is 29.8 Å². The summed E-state index contributed by atoms with van der Waals surface area (Å²) in [4.78, 5) is 14.9. The summed E-state index contributed by atoms with van der Waals surface area (Å²) in [6.45, 7) is 3.24. The van der Waals surface area contributed by atoms with Gasteiger partial charge in [0.15, 0.2) is 0 Å². The monoisotopic (exact) mass is 338 g/mol. The topological polar surface area (TPSA) is 42.0 Å². The summed E-state index contributed by atoms with van der Waals surface area (Å²) in [5, 5.41) is 2.54. The minimum absolute atomic E-state index is 0.249. The molecular weight excluding hydrogens is 331 g/mol. The Morgan fingerprint density at radius 3 is 2.80 bits per heavy atom. The largest absolute Gasteiger partial charge is 0.323 e. The highest BCUT2D eigenvalue weighted by Crippen LogP contribution is 2.22. The molecule has 3 nitrogen and oxygen atoms in total. The number of amides is 1. The van der Waals surface area contributed by atoms with Crippen molar-refractivity contribution in [3.8, 4) is 0 Å². The van der Waals surface area contributed by atoms with Crippen molar-refractivity contribution in [1.29, 1.82) is 0 Å². The number of halogens is 3. The van der Waals surface area contributed by atoms with Gasteiger partial charge in [-0.15, -0.1) is 0 Å². The number of carbonyl (C=O) groups is 1. The Bertz CT molecular complexity index is 396. The second-order valence-electron chi connectivity index (χ2n) is 3.00. The van der Waals surface area contributed by atoms with Gasteiger partial charge < -0.3 is 5.32 Å². The first kappa shape index (κ1) is 12.6. The third-order valence-corrected chi connectivity index (χ3v) is 2.74. The highest BCUT2D eigenvalue weighted by atomic mass is 79.9. The van der Waals surface area contributed by atoms with E-state index >= 15 is 0 Å². The standard InChI is InChI=1S/C9H9Br2FN2O/c1-4(10)9(15)14-7-3-6(12)5(2)13-8(7)11/h3-4H,1-2H3,(H,14,15). The van der Waals surface area contributed by atoms with Crippen LogP contribution in [0.2, 0.25) is 0 Å². The van der Waals surface area contributed by atoms with Gasteiger partial charge in [0.2, 0.25) is 5.91 Å². The lowest BCUT2D eigenvalue weighted by atomic mass is 10.3. The molecule has 0 saturated carbocycles. The Morgan fingerprint density at radius 2 is 2.27 bits per heavy atom. The van der Waals surface area contributed by atoms with Crippen LogP contribution in [0.1, 0.15) is 12.6 Å². The number of nitrogens with one attached hydrogen (secondary N) is 1. The molecule has 0 aliphatic heterocycles. The van der Waals surface area contributed by atoms with Crippen LogP contribution in [-0.4, -0.2) is 15.7 Å². The molecule has 1 rings (SSSR count). The fraction of sp³-hybridized carbons (Fsp3) is 0.333. The zero-order valence-electron chi connectivity index (χ0n) is 8.14. The van der Waals surface area contributed by atoms with Gasteiger partial charge in [-0.3, -0.25) is 4.79 Å². The Hall–Kier alpha value is -0.490. The lowest BCUT2D eigenvalue weighted by molar-refractivity contribution is -0.115. The van der Waals surface area contributed by atoms with Crippen molar-refractivity contribution in [2.75, 3.05) is 5.32 Å². The van der Waals surface area contributed by atoms with Crippen LogP contribution in [0.25, 0.3) is 0 Å². The van der Waals surface area contributed by atoms with Gasteiger partial charge >= 0.3 is 0 Å². The van der Waals surface area contributed by atoms with Crippen molar-refractivity contribution in [3.05, 3.63) is 22.2 Å². The van der Waals surface area contributed by atoms with Gasteiger partial charge in [0, 0.05) is 6.07 Å². The van der Waals surface area contributed by atoms with Gasteiger partial charge in [0.25, 0.3) is 0 Å². The summed E-state index contributed by atoms with van der Waals surface area (Å²) in [5.41, 5.74) is 0.612. The average molecular weight is 340 g/mol. The molecule has 0 spiro atoms. The van der Waals surface area contributed by atoms with E-state index in [1.807, 2.05) is 0 Å². The maximum Gasteiger partial charge on any atom is 0.237 e. The Balaban J connectivity index is 2.96. The van der Waals surface area contributed by atoms with Crippen molar-refractivity contribution in [2.24, 2.45) is 0 Å². The molecule has 1 amide bonds. The molecule has 6 heteroatoms. The molecule has 0 aliphatic rings. The number of hydrogen-bond donors (Lipinski definition) is 1. The Labute approximate surface area is 104 Å². The maximum atomic E-state index is 13.2. The predicted octanol–water partition coefficient (Wildman–Crippen LogP) is 3.01. The van der Waals surface area contributed by atoms with E-state index in [2.05, 4.69) is 42.2 Å². The van der Waals surface area contributed by atoms with Crippen molar-refractivity contribution in [2.45, 2.75) is 18.7 Å². The zero-order valence-corrected chi connectivity index (χ0v) is 11.3. The fourth-order valence-electron chi connectivity index (χ4n) is 0.871. The first-order valence-corrected chi connectivity index (χ1v) is 5.90. The Kier molecular flexibility index (Phi) is 4.21. The number of rotatable bonds is 2. The van der Waals surface area contributed by atoms with Gasteiger partial charge in [-0.2, -0.15) is 0 Å². The van der Waals surface area contributed by atoms with Crippen molar-refractivity contribution in [3.63, 3.8) is 0 Å². The van der Waals surface area contributed by atoms with E-state index in [-0.39, 0.29) is 16.4 Å². The van der Waals surface area contributed by atoms with Crippen molar-refractivity contribution >= 4 is 43.5 Å². The number of pyridine rings is 1. The van der Waals surface area contributed by atoms with Crippen LogP contribution in [0.15, 0.2) is 10.7 Å². The smallest absolute Gasteiger partial charge is 0.237 e. The van der Waals surface area contributed by atoms with Gasteiger partial charge in [0.1, 0.15) is 10.4 Å². The predicted molar refractivity (Wildman–Crippen MR) is 63.7 cm³/mol. The minimum Gasteiger partial charge on any atom is -0.323 e. The second-order valence-corrected chi connectivity index (χ2v) is 5.12. The molecule has 1 unspecified atom stereocenters. The molecule has 0 saturated heterocycles. The third kappa shape index (κ3) is 3.24. The molecule has 1 N–H and O–H groups in total. The molecule has 0 radical (unpaired) electrons. The number of carbonyl (C=O) groups excluding carboxylic acids is 1. The second kappa shape index (κ2) is 5.03. The molecule has 0 fully saturated rings. The minimum atomic E-state index is -0.448. The third-order valence-electron chi connectivity index (χ3n) is 1.72. The quantitative estimate of drug-likeness (QED) is 0.664. The molecule has 15 heavy (non-hydrogen) atoms. The average Bonchev–Trinajstić information content (AvgIpc) is 2.13. The Morgan fingerprint density at radius 1 is 1.67 bits per heavy atom. The molecule has 1 aromatic rings. The SMILES string of the molecule is Cc1nc(Br)c(NC(=O)C(C)Br)cc1F. The lowest BCUT2D eigenvalue weighted by Crippen LogP contribution is -2.20. The van der Waals surface area contributed by atoms with Crippen molar-refractivity contribution in [1.82, 2.24) is 4.98 Å². The molecule has 1 heterocycles. The summed E-state index contributed by atoms with van der Waals surface area (Å²) >= 11 is 6.26. The first-order chi connectivity index (χ1) is 6.91. The van der Waals surface area contributed by atoms with Crippen LogP contribution in [0.4, 0.5) is 10.1 Å². The fourth-order valence-corrected chi connectivity index (χ4v) is 1.47. The van der Waals surface area contributed by atoms with Crippen molar-refractivity contribution < 1.29 is 9.18 Å². The van der Waals surface area contributed by atoms with E-state index in [0.717, 1.165) is 0 Å². The van der Waals surface area contributed by atoms with Crippen LogP contribution < -0.4 is 5.32 Å². The highest BCUT2D eigenvalue weighted by molar-refractivity contribution is 9.10. The number of alkyl halides is 1.